The second-order valence-corrected chi connectivity index (χ2v) is 8.86. The molecule has 4 amide bonds. The van der Waals surface area contributed by atoms with Crippen molar-refractivity contribution in [3.8, 4) is 0 Å². The average Bonchev–Trinajstić information content (AvgIpc) is 3.46. The van der Waals surface area contributed by atoms with Gasteiger partial charge in [-0.1, -0.05) is 41.9 Å². The van der Waals surface area contributed by atoms with E-state index in [1.807, 2.05) is 0 Å². The van der Waals surface area contributed by atoms with Gasteiger partial charge >= 0.3 is 12.1 Å². The number of nitrogens with one attached hydrogen (secondary N) is 3. The van der Waals surface area contributed by atoms with Crippen molar-refractivity contribution in [1.82, 2.24) is 20.1 Å². The molecule has 1 aliphatic heterocycles. The van der Waals surface area contributed by atoms with E-state index in [0.717, 1.165) is 0 Å². The van der Waals surface area contributed by atoms with Crippen LogP contribution in [0.5, 0.6) is 0 Å². The summed E-state index contributed by atoms with van der Waals surface area (Å²) in [7, 11) is 3.05. The molecule has 190 valence electrons. The van der Waals surface area contributed by atoms with E-state index in [9.17, 15) is 18.8 Å². The quantitative estimate of drug-likeness (QED) is 0.462. The highest BCUT2D eigenvalue weighted by Gasteiger charge is 2.41. The maximum Gasteiger partial charge on any atom is 0.325 e. The lowest BCUT2D eigenvalue weighted by Crippen LogP contribution is -2.51. The summed E-state index contributed by atoms with van der Waals surface area (Å²) in [6.07, 6.45) is 2.52. The first-order chi connectivity index (χ1) is 17.3. The van der Waals surface area contributed by atoms with Gasteiger partial charge in [-0.05, 0) is 25.0 Å². The Balaban J connectivity index is 1.55. The van der Waals surface area contributed by atoms with Crippen molar-refractivity contribution >= 4 is 46.2 Å². The monoisotopic (exact) mass is 515 g/mol. The number of nitrogens with zero attached hydrogens (tertiary/aromatic N) is 2. The van der Waals surface area contributed by atoms with Gasteiger partial charge in [-0.15, -0.1) is 0 Å². The van der Waals surface area contributed by atoms with E-state index in [4.69, 9.17) is 16.3 Å². The zero-order valence-electron chi connectivity index (χ0n) is 19.9. The summed E-state index contributed by atoms with van der Waals surface area (Å²) in [6, 6.07) is 9.79. The molecule has 2 aromatic carbocycles. The van der Waals surface area contributed by atoms with Crippen LogP contribution in [0.1, 0.15) is 18.4 Å². The van der Waals surface area contributed by atoms with E-state index in [1.165, 1.54) is 35.8 Å². The lowest BCUT2D eigenvalue weighted by atomic mass is 10.1. The van der Waals surface area contributed by atoms with Crippen molar-refractivity contribution < 1.29 is 23.5 Å². The minimum Gasteiger partial charge on any atom is -0.383 e. The summed E-state index contributed by atoms with van der Waals surface area (Å²) in [5, 5.41) is 8.80. The number of carbonyl (C=O) groups excluding carboxylic acids is 3. The molecular formula is C25H27ClFN5O4. The first-order valence-electron chi connectivity index (χ1n) is 11.5. The van der Waals surface area contributed by atoms with Crippen LogP contribution in [0.15, 0.2) is 48.7 Å². The number of rotatable bonds is 6. The van der Waals surface area contributed by atoms with Crippen molar-refractivity contribution in [1.29, 1.82) is 0 Å². The van der Waals surface area contributed by atoms with E-state index < -0.39 is 23.8 Å². The molecule has 4 rings (SSSR count). The molecule has 11 heteroatoms. The maximum atomic E-state index is 14.2. The fourth-order valence-electron chi connectivity index (χ4n) is 4.54. The van der Waals surface area contributed by atoms with Crippen LogP contribution < -0.4 is 16.0 Å². The highest BCUT2D eigenvalue weighted by Crippen LogP contribution is 2.29. The van der Waals surface area contributed by atoms with Crippen LogP contribution >= 0.6 is 11.6 Å². The number of urea groups is 1. The molecular weight excluding hydrogens is 489 g/mol. The number of anilines is 1. The summed E-state index contributed by atoms with van der Waals surface area (Å²) >= 11 is 5.83. The van der Waals surface area contributed by atoms with Crippen LogP contribution in [0.25, 0.3) is 10.9 Å². The molecule has 2 heterocycles. The third kappa shape index (κ3) is 5.00. The molecule has 0 unspecified atom stereocenters. The predicted octanol–water partition coefficient (Wildman–Crippen LogP) is 3.95. The molecule has 0 spiro atoms. The van der Waals surface area contributed by atoms with E-state index in [-0.39, 0.29) is 35.8 Å². The largest absolute Gasteiger partial charge is 0.383 e. The highest BCUT2D eigenvalue weighted by atomic mass is 35.5. The third-order valence-corrected chi connectivity index (χ3v) is 6.56. The summed E-state index contributed by atoms with van der Waals surface area (Å²) < 4.78 is 20.9. The Morgan fingerprint density at radius 1 is 1.11 bits per heavy atom. The molecule has 3 N–H and O–H groups in total. The van der Waals surface area contributed by atoms with E-state index >= 15 is 0 Å². The minimum atomic E-state index is -0.778. The first-order valence-corrected chi connectivity index (χ1v) is 11.8. The van der Waals surface area contributed by atoms with Crippen LogP contribution in [0.2, 0.25) is 5.02 Å². The second kappa shape index (κ2) is 11.0. The number of likely N-dealkylation sites (tertiary alicyclic amines) is 1. The number of ether oxygens (including phenoxy) is 1. The van der Waals surface area contributed by atoms with Gasteiger partial charge in [0.05, 0.1) is 28.9 Å². The maximum absolute atomic E-state index is 14.2. The van der Waals surface area contributed by atoms with E-state index in [1.54, 1.807) is 36.5 Å². The number of hydrogen-bond acceptors (Lipinski definition) is 4. The molecule has 36 heavy (non-hydrogen) atoms. The Kier molecular flexibility index (Phi) is 7.76. The van der Waals surface area contributed by atoms with Crippen LogP contribution in [-0.2, 0) is 16.1 Å². The van der Waals surface area contributed by atoms with Crippen LogP contribution in [-0.4, -0.2) is 60.3 Å². The number of fused-ring (bicyclic) bond motifs is 1. The fourth-order valence-corrected chi connectivity index (χ4v) is 4.73. The van der Waals surface area contributed by atoms with Crippen molar-refractivity contribution in [3.05, 3.63) is 65.1 Å². The number of aromatic nitrogens is 1. The number of hydrogen-bond donors (Lipinski definition) is 3. The van der Waals surface area contributed by atoms with Gasteiger partial charge in [0.1, 0.15) is 11.9 Å². The zero-order chi connectivity index (χ0) is 25.8. The molecule has 0 saturated carbocycles. The molecule has 0 radical (unpaired) electrons. The van der Waals surface area contributed by atoms with Gasteiger partial charge in [0.2, 0.25) is 5.91 Å². The fraction of sp³-hybridized carbons (Fsp3) is 0.320. The zero-order valence-corrected chi connectivity index (χ0v) is 20.6. The summed E-state index contributed by atoms with van der Waals surface area (Å²) in [5.41, 5.74) is 1.31. The molecule has 1 saturated heterocycles. The first kappa shape index (κ1) is 25.5. The molecule has 2 atom stereocenters. The van der Waals surface area contributed by atoms with Gasteiger partial charge in [0.25, 0.3) is 0 Å². The van der Waals surface area contributed by atoms with Crippen LogP contribution in [0.4, 0.5) is 19.7 Å². The third-order valence-electron chi connectivity index (χ3n) is 6.27. The van der Waals surface area contributed by atoms with Gasteiger partial charge in [-0.2, -0.15) is 0 Å². The number of benzene rings is 2. The van der Waals surface area contributed by atoms with Crippen molar-refractivity contribution in [3.63, 3.8) is 0 Å². The molecule has 0 aliphatic carbocycles. The van der Waals surface area contributed by atoms with Gasteiger partial charge in [-0.25, -0.2) is 14.0 Å². The van der Waals surface area contributed by atoms with Crippen LogP contribution in [0.3, 0.4) is 0 Å². The molecule has 0 bridgehead atoms. The van der Waals surface area contributed by atoms with E-state index in [2.05, 4.69) is 16.0 Å². The lowest BCUT2D eigenvalue weighted by Gasteiger charge is -2.29. The number of para-hydroxylation sites is 1. The standard InChI is InChI=1S/C25H27ClFN5O4/c1-28-24(34)31-13-19(17-7-3-4-9-20(17)31)30-25(35)32-16(14-36-2)10-11-21(32)23(33)29-12-15-6-5-8-18(26)22(15)27/h3-9,13,16,21H,10-12,14H2,1-2H3,(H,28,34)(H,29,33)(H,30,35)/t16-,21+/m1/s1. The molecule has 9 nitrogen and oxygen atoms in total. The Bertz CT molecular complexity index is 1300. The Hall–Kier alpha value is -3.63. The molecule has 1 fully saturated rings. The van der Waals surface area contributed by atoms with Gasteiger partial charge in [-0.3, -0.25) is 9.36 Å². The Labute approximate surface area is 212 Å². The molecule has 1 aromatic heterocycles. The van der Waals surface area contributed by atoms with Gasteiger partial charge < -0.3 is 25.6 Å². The smallest absolute Gasteiger partial charge is 0.325 e. The number of methoxy groups -OCH3 is 1. The second-order valence-electron chi connectivity index (χ2n) is 8.46. The lowest BCUT2D eigenvalue weighted by molar-refractivity contribution is -0.125. The SMILES string of the molecule is CNC(=O)n1cc(NC(=O)N2[C@@H](COC)CC[C@H]2C(=O)NCc2cccc(Cl)c2F)c2ccccc21. The average molecular weight is 516 g/mol. The van der Waals surface area contributed by atoms with E-state index in [0.29, 0.717) is 29.4 Å². The van der Waals surface area contributed by atoms with Crippen molar-refractivity contribution in [2.45, 2.75) is 31.5 Å². The van der Waals surface area contributed by atoms with Gasteiger partial charge in [0, 0.05) is 37.8 Å². The van der Waals surface area contributed by atoms with Gasteiger partial charge in [0.15, 0.2) is 0 Å². The number of amides is 4. The Morgan fingerprint density at radius 3 is 2.64 bits per heavy atom. The molecule has 3 aromatic rings. The topological polar surface area (TPSA) is 105 Å². The summed E-state index contributed by atoms with van der Waals surface area (Å²) in [6.45, 7) is 0.186. The van der Waals surface area contributed by atoms with Crippen molar-refractivity contribution in [2.24, 2.45) is 0 Å². The number of halogens is 2. The number of carbonyl (C=O) groups is 3. The molecule has 1 aliphatic rings. The highest BCUT2D eigenvalue weighted by molar-refractivity contribution is 6.30. The normalized spacial score (nSPS) is 17.3. The summed E-state index contributed by atoms with van der Waals surface area (Å²) in [4.78, 5) is 40.3. The minimum absolute atomic E-state index is 0.0281. The Morgan fingerprint density at radius 2 is 1.89 bits per heavy atom. The summed E-state index contributed by atoms with van der Waals surface area (Å²) in [5.74, 6) is -0.999. The van der Waals surface area contributed by atoms with Crippen LogP contribution in [0, 0.1) is 5.82 Å². The van der Waals surface area contributed by atoms with Crippen molar-refractivity contribution in [2.75, 3.05) is 26.1 Å². The predicted molar refractivity (Wildman–Crippen MR) is 135 cm³/mol.